The van der Waals surface area contributed by atoms with Crippen LogP contribution in [0.25, 0.3) is 0 Å². The van der Waals surface area contributed by atoms with Gasteiger partial charge in [0.25, 0.3) is 0 Å². The molecule has 8 heteroatoms. The van der Waals surface area contributed by atoms with Gasteiger partial charge < -0.3 is 25.2 Å². The highest BCUT2D eigenvalue weighted by atomic mass is 16.5. The first-order valence-corrected chi connectivity index (χ1v) is 10.3. The van der Waals surface area contributed by atoms with Gasteiger partial charge in [0.2, 0.25) is 11.8 Å². The molecule has 0 bridgehead atoms. The van der Waals surface area contributed by atoms with E-state index >= 15 is 0 Å². The van der Waals surface area contributed by atoms with E-state index in [2.05, 4.69) is 31.5 Å². The highest BCUT2D eigenvalue weighted by Gasteiger charge is 2.27. The SMILES string of the molecule is COc1ccccc1N1CCN(c2ncccc2CNC(=O)[C@H]2CCC(=O)N2)CC1. The zero-order valence-corrected chi connectivity index (χ0v) is 17.1. The number of rotatable bonds is 6. The number of hydrogen-bond acceptors (Lipinski definition) is 6. The predicted molar refractivity (Wildman–Crippen MR) is 115 cm³/mol. The maximum atomic E-state index is 12.3. The quantitative estimate of drug-likeness (QED) is 0.748. The van der Waals surface area contributed by atoms with Gasteiger partial charge in [-0.25, -0.2) is 4.98 Å². The average Bonchev–Trinajstić information content (AvgIpc) is 3.24. The summed E-state index contributed by atoms with van der Waals surface area (Å²) in [6.45, 7) is 3.76. The van der Waals surface area contributed by atoms with Gasteiger partial charge in [0.15, 0.2) is 0 Å². The molecule has 0 radical (unpaired) electrons. The number of nitrogens with zero attached hydrogens (tertiary/aromatic N) is 3. The molecule has 2 aliphatic rings. The van der Waals surface area contributed by atoms with Crippen LogP contribution in [0.5, 0.6) is 5.75 Å². The number of pyridine rings is 1. The number of amides is 2. The topological polar surface area (TPSA) is 86.8 Å². The Bertz CT molecular complexity index is 911. The number of methoxy groups -OCH3 is 1. The van der Waals surface area contributed by atoms with E-state index in [0.29, 0.717) is 19.4 Å². The van der Waals surface area contributed by atoms with Crippen LogP contribution in [-0.2, 0) is 16.1 Å². The number of aromatic nitrogens is 1. The minimum absolute atomic E-state index is 0.0647. The lowest BCUT2D eigenvalue weighted by atomic mass is 10.1. The van der Waals surface area contributed by atoms with Gasteiger partial charge in [0, 0.05) is 50.9 Å². The maximum absolute atomic E-state index is 12.3. The second-order valence-electron chi connectivity index (χ2n) is 7.51. The summed E-state index contributed by atoms with van der Waals surface area (Å²) >= 11 is 0. The molecule has 0 saturated carbocycles. The third-order valence-corrected chi connectivity index (χ3v) is 5.64. The van der Waals surface area contributed by atoms with Gasteiger partial charge in [0.05, 0.1) is 12.8 Å². The lowest BCUT2D eigenvalue weighted by Gasteiger charge is -2.37. The Morgan fingerprint density at radius 1 is 1.17 bits per heavy atom. The zero-order chi connectivity index (χ0) is 20.9. The van der Waals surface area contributed by atoms with Gasteiger partial charge in [-0.3, -0.25) is 9.59 Å². The first-order valence-electron chi connectivity index (χ1n) is 10.3. The normalized spacial score (nSPS) is 18.8. The van der Waals surface area contributed by atoms with E-state index in [-0.39, 0.29) is 11.8 Å². The number of nitrogens with one attached hydrogen (secondary N) is 2. The molecule has 0 spiro atoms. The van der Waals surface area contributed by atoms with Crippen molar-refractivity contribution in [1.29, 1.82) is 0 Å². The third-order valence-electron chi connectivity index (χ3n) is 5.64. The summed E-state index contributed by atoms with van der Waals surface area (Å²) in [7, 11) is 1.69. The highest BCUT2D eigenvalue weighted by Crippen LogP contribution is 2.29. The molecule has 0 aliphatic carbocycles. The molecule has 2 N–H and O–H groups in total. The second kappa shape index (κ2) is 9.02. The smallest absolute Gasteiger partial charge is 0.242 e. The fraction of sp³-hybridized carbons (Fsp3) is 0.409. The molecular formula is C22H27N5O3. The molecule has 1 atom stereocenters. The predicted octanol–water partition coefficient (Wildman–Crippen LogP) is 1.31. The molecule has 8 nitrogen and oxygen atoms in total. The molecule has 3 heterocycles. The fourth-order valence-electron chi connectivity index (χ4n) is 4.02. The first-order chi connectivity index (χ1) is 14.7. The van der Waals surface area contributed by atoms with Crippen molar-refractivity contribution < 1.29 is 14.3 Å². The monoisotopic (exact) mass is 409 g/mol. The first kappa shape index (κ1) is 20.0. The molecular weight excluding hydrogens is 382 g/mol. The molecule has 30 heavy (non-hydrogen) atoms. The van der Waals surface area contributed by atoms with Crippen LogP contribution in [0.2, 0.25) is 0 Å². The average molecular weight is 409 g/mol. The Hall–Kier alpha value is -3.29. The third kappa shape index (κ3) is 4.32. The Balaban J connectivity index is 1.38. The fourth-order valence-corrected chi connectivity index (χ4v) is 4.02. The van der Waals surface area contributed by atoms with Crippen LogP contribution in [0.1, 0.15) is 18.4 Å². The van der Waals surface area contributed by atoms with Gasteiger partial charge in [-0.05, 0) is 24.6 Å². The van der Waals surface area contributed by atoms with E-state index in [9.17, 15) is 9.59 Å². The van der Waals surface area contributed by atoms with Crippen molar-refractivity contribution in [3.05, 3.63) is 48.2 Å². The number of piperazine rings is 1. The Morgan fingerprint density at radius 2 is 1.93 bits per heavy atom. The molecule has 1 aromatic heterocycles. The zero-order valence-electron chi connectivity index (χ0n) is 17.1. The van der Waals surface area contributed by atoms with Crippen LogP contribution in [0.4, 0.5) is 11.5 Å². The molecule has 2 aliphatic heterocycles. The van der Waals surface area contributed by atoms with Crippen LogP contribution in [0.3, 0.4) is 0 Å². The lowest BCUT2D eigenvalue weighted by molar-refractivity contribution is -0.125. The summed E-state index contributed by atoms with van der Waals surface area (Å²) < 4.78 is 5.50. The number of ether oxygens (including phenoxy) is 1. The minimum atomic E-state index is -0.429. The summed E-state index contributed by atoms with van der Waals surface area (Å²) in [5, 5.41) is 5.65. The summed E-state index contributed by atoms with van der Waals surface area (Å²) in [5.74, 6) is 1.57. The van der Waals surface area contributed by atoms with E-state index in [1.54, 1.807) is 13.3 Å². The molecule has 158 valence electrons. The van der Waals surface area contributed by atoms with Gasteiger partial charge in [-0.2, -0.15) is 0 Å². The number of para-hydroxylation sites is 2. The van der Waals surface area contributed by atoms with E-state index < -0.39 is 6.04 Å². The second-order valence-corrected chi connectivity index (χ2v) is 7.51. The van der Waals surface area contributed by atoms with Gasteiger partial charge >= 0.3 is 0 Å². The van der Waals surface area contributed by atoms with E-state index in [4.69, 9.17) is 4.74 Å². The Labute approximate surface area is 176 Å². The summed E-state index contributed by atoms with van der Waals surface area (Å²) in [6, 6.07) is 11.5. The minimum Gasteiger partial charge on any atom is -0.495 e. The number of carbonyl (C=O) groups excluding carboxylic acids is 2. The molecule has 2 aromatic rings. The van der Waals surface area contributed by atoms with Crippen molar-refractivity contribution in [3.63, 3.8) is 0 Å². The van der Waals surface area contributed by atoms with E-state index in [0.717, 1.165) is 49.0 Å². The Kier molecular flexibility index (Phi) is 6.02. The van der Waals surface area contributed by atoms with Crippen LogP contribution >= 0.6 is 0 Å². The molecule has 4 rings (SSSR count). The summed E-state index contributed by atoms with van der Waals surface area (Å²) in [5.41, 5.74) is 2.08. The number of anilines is 2. The largest absolute Gasteiger partial charge is 0.495 e. The van der Waals surface area contributed by atoms with Crippen molar-refractivity contribution in [3.8, 4) is 5.75 Å². The molecule has 2 fully saturated rings. The number of hydrogen-bond donors (Lipinski definition) is 2. The van der Waals surface area contributed by atoms with E-state index in [1.807, 2.05) is 30.3 Å². The maximum Gasteiger partial charge on any atom is 0.242 e. The van der Waals surface area contributed by atoms with Crippen molar-refractivity contribution in [2.24, 2.45) is 0 Å². The van der Waals surface area contributed by atoms with Crippen molar-refractivity contribution in [2.45, 2.75) is 25.4 Å². The highest BCUT2D eigenvalue weighted by molar-refractivity contribution is 5.90. The van der Waals surface area contributed by atoms with Crippen LogP contribution in [0, 0.1) is 0 Å². The summed E-state index contributed by atoms with van der Waals surface area (Å²) in [6.07, 6.45) is 2.74. The summed E-state index contributed by atoms with van der Waals surface area (Å²) in [4.78, 5) is 32.8. The van der Waals surface area contributed by atoms with Gasteiger partial charge in [-0.15, -0.1) is 0 Å². The van der Waals surface area contributed by atoms with Gasteiger partial charge in [-0.1, -0.05) is 18.2 Å². The molecule has 0 unspecified atom stereocenters. The van der Waals surface area contributed by atoms with Crippen LogP contribution in [0.15, 0.2) is 42.6 Å². The van der Waals surface area contributed by atoms with E-state index in [1.165, 1.54) is 0 Å². The van der Waals surface area contributed by atoms with Crippen molar-refractivity contribution in [1.82, 2.24) is 15.6 Å². The number of benzene rings is 1. The van der Waals surface area contributed by atoms with Crippen LogP contribution in [-0.4, -0.2) is 56.1 Å². The molecule has 2 amide bonds. The van der Waals surface area contributed by atoms with Crippen molar-refractivity contribution in [2.75, 3.05) is 43.1 Å². The van der Waals surface area contributed by atoms with Gasteiger partial charge in [0.1, 0.15) is 17.6 Å². The standard InChI is InChI=1S/C22H27N5O3/c1-30-19-7-3-2-6-18(19)26-11-13-27(14-12-26)21-16(5-4-10-23-21)15-24-22(29)17-8-9-20(28)25-17/h2-7,10,17H,8-9,11-15H2,1H3,(H,24,29)(H,25,28)/t17-/m1/s1. The van der Waals surface area contributed by atoms with Crippen LogP contribution < -0.4 is 25.2 Å². The Morgan fingerprint density at radius 3 is 2.67 bits per heavy atom. The molecule has 1 aromatic carbocycles. The number of carbonyl (C=O) groups is 2. The van der Waals surface area contributed by atoms with Crippen molar-refractivity contribution >= 4 is 23.3 Å². The molecule has 2 saturated heterocycles. The lowest BCUT2D eigenvalue weighted by Crippen LogP contribution is -2.47.